The van der Waals surface area contributed by atoms with Crippen LogP contribution in [0.5, 0.6) is 11.5 Å². The highest BCUT2D eigenvalue weighted by molar-refractivity contribution is 7.47. The molecule has 0 saturated heterocycles. The number of hydrogen-bond acceptors (Lipinski definition) is 10. The zero-order valence-electron chi connectivity index (χ0n) is 33.0. The van der Waals surface area contributed by atoms with E-state index in [2.05, 4.69) is 64.4 Å². The van der Waals surface area contributed by atoms with Crippen molar-refractivity contribution in [2.75, 3.05) is 59.6 Å². The Balaban J connectivity index is 1.64. The van der Waals surface area contributed by atoms with Gasteiger partial charge >= 0.3 is 7.82 Å². The normalized spacial score (nSPS) is 19.0. The summed E-state index contributed by atoms with van der Waals surface area (Å²) in [5, 5.41) is 18.2. The zero-order chi connectivity index (χ0) is 37.9. The van der Waals surface area contributed by atoms with Crippen molar-refractivity contribution in [1.82, 2.24) is 0 Å². The fourth-order valence-corrected chi connectivity index (χ4v) is 7.26. The first kappa shape index (κ1) is 45.9. The molecule has 0 saturated carbocycles. The number of benzene rings is 1. The molecule has 298 valence electrons. The first-order valence-electron chi connectivity index (χ1n) is 19.3. The largest absolute Gasteiger partial charge is 0.491 e. The van der Waals surface area contributed by atoms with Crippen molar-refractivity contribution in [2.24, 2.45) is 17.8 Å². The molecule has 0 radical (unpaired) electrons. The number of aliphatic hydroxyl groups is 2. The van der Waals surface area contributed by atoms with E-state index in [4.69, 9.17) is 28.8 Å². The van der Waals surface area contributed by atoms with Crippen LogP contribution >= 0.6 is 7.82 Å². The van der Waals surface area contributed by atoms with Gasteiger partial charge in [0.05, 0.1) is 46.2 Å². The number of aliphatic hydroxyl groups excluding tert-OH is 2. The van der Waals surface area contributed by atoms with Gasteiger partial charge in [0.2, 0.25) is 0 Å². The summed E-state index contributed by atoms with van der Waals surface area (Å²) in [6, 6.07) is 0. The molecule has 11 nitrogen and oxygen atoms in total. The van der Waals surface area contributed by atoms with E-state index in [0.717, 1.165) is 65.2 Å². The maximum Gasteiger partial charge on any atom is 0.474 e. The van der Waals surface area contributed by atoms with E-state index in [1.807, 2.05) is 0 Å². The van der Waals surface area contributed by atoms with Crippen LogP contribution in [-0.4, -0.2) is 86.5 Å². The number of rotatable bonds is 29. The van der Waals surface area contributed by atoms with Crippen molar-refractivity contribution in [3.8, 4) is 11.5 Å². The van der Waals surface area contributed by atoms with E-state index in [-0.39, 0.29) is 18.8 Å². The quantitative estimate of drug-likeness (QED) is 0.0417. The molecule has 0 spiro atoms. The predicted molar refractivity (Wildman–Crippen MR) is 201 cm³/mol. The highest BCUT2D eigenvalue weighted by atomic mass is 31.2. The summed E-state index contributed by atoms with van der Waals surface area (Å²) in [6.07, 6.45) is 12.6. The van der Waals surface area contributed by atoms with Crippen LogP contribution in [0.1, 0.15) is 121 Å². The fourth-order valence-electron chi connectivity index (χ4n) is 6.68. The van der Waals surface area contributed by atoms with Crippen LogP contribution in [0.15, 0.2) is 0 Å². The minimum Gasteiger partial charge on any atom is -0.491 e. The van der Waals surface area contributed by atoms with E-state index < -0.39 is 27.3 Å². The summed E-state index contributed by atoms with van der Waals surface area (Å²) in [5.41, 5.74) is 4.57. The van der Waals surface area contributed by atoms with Gasteiger partial charge in [0.1, 0.15) is 29.8 Å². The lowest BCUT2D eigenvalue weighted by Crippen LogP contribution is -2.37. The molecule has 2 unspecified atom stereocenters. The molecule has 1 aromatic carbocycles. The molecule has 0 aromatic heterocycles. The van der Waals surface area contributed by atoms with Crippen molar-refractivity contribution in [2.45, 2.75) is 138 Å². The average molecular weight is 747 g/mol. The fraction of sp³-hybridized carbons (Fsp3) is 0.846. The van der Waals surface area contributed by atoms with Crippen LogP contribution in [0.4, 0.5) is 0 Å². The van der Waals surface area contributed by atoms with Crippen LogP contribution in [0.2, 0.25) is 0 Å². The minimum atomic E-state index is -4.38. The van der Waals surface area contributed by atoms with Crippen LogP contribution in [0, 0.1) is 38.5 Å². The summed E-state index contributed by atoms with van der Waals surface area (Å²) >= 11 is 0. The smallest absolute Gasteiger partial charge is 0.474 e. The molecule has 5 atom stereocenters. The molecule has 0 amide bonds. The molecule has 51 heavy (non-hydrogen) atoms. The molecule has 0 fully saturated rings. The molecule has 0 aliphatic carbocycles. The number of fused-ring (bicyclic) bond motifs is 1. The highest BCUT2D eigenvalue weighted by Gasteiger charge is 2.34. The second-order valence-corrected chi connectivity index (χ2v) is 16.7. The SMILES string of the molecule is Cc1c(C)c2c(c(C)c1OCCOCCOCCOCC(O)COP(=O)(O)OCO)CC[C@](C)(CCC[C@@H](C)CCC[C@@H](C)CCCC(C)C)O2. The van der Waals surface area contributed by atoms with Crippen molar-refractivity contribution in [3.05, 3.63) is 22.3 Å². The molecular formula is C39H71O11P. The molecule has 2 rings (SSSR count). The van der Waals surface area contributed by atoms with Crippen molar-refractivity contribution < 1.29 is 52.4 Å². The second kappa shape index (κ2) is 24.2. The topological polar surface area (TPSA) is 142 Å². The summed E-state index contributed by atoms with van der Waals surface area (Å²) in [7, 11) is -4.38. The first-order chi connectivity index (χ1) is 24.2. The maximum absolute atomic E-state index is 11.3. The van der Waals surface area contributed by atoms with E-state index >= 15 is 0 Å². The third-order valence-electron chi connectivity index (χ3n) is 10.0. The van der Waals surface area contributed by atoms with Gasteiger partial charge in [-0.2, -0.15) is 0 Å². The Morgan fingerprint density at radius 2 is 1.33 bits per heavy atom. The Labute approximate surface area is 308 Å². The van der Waals surface area contributed by atoms with E-state index in [0.29, 0.717) is 33.0 Å². The van der Waals surface area contributed by atoms with Gasteiger partial charge in [-0.15, -0.1) is 0 Å². The van der Waals surface area contributed by atoms with Crippen LogP contribution < -0.4 is 9.47 Å². The second-order valence-electron chi connectivity index (χ2n) is 15.2. The van der Waals surface area contributed by atoms with Crippen LogP contribution in [0.3, 0.4) is 0 Å². The van der Waals surface area contributed by atoms with Crippen LogP contribution in [-0.2, 0) is 34.2 Å². The minimum absolute atomic E-state index is 0.110. The monoisotopic (exact) mass is 746 g/mol. The molecule has 0 bridgehead atoms. The Morgan fingerprint density at radius 1 is 0.765 bits per heavy atom. The zero-order valence-corrected chi connectivity index (χ0v) is 33.9. The van der Waals surface area contributed by atoms with E-state index in [1.165, 1.54) is 56.9 Å². The molecule has 3 N–H and O–H groups in total. The van der Waals surface area contributed by atoms with Gasteiger partial charge < -0.3 is 38.8 Å². The third-order valence-corrected chi connectivity index (χ3v) is 10.9. The van der Waals surface area contributed by atoms with Gasteiger partial charge in [-0.3, -0.25) is 9.05 Å². The van der Waals surface area contributed by atoms with E-state index in [1.54, 1.807) is 0 Å². The number of ether oxygens (including phenoxy) is 5. The lowest BCUT2D eigenvalue weighted by molar-refractivity contribution is -0.0277. The summed E-state index contributed by atoms with van der Waals surface area (Å²) in [5.74, 6) is 4.41. The molecule has 1 aromatic rings. The highest BCUT2D eigenvalue weighted by Crippen LogP contribution is 2.45. The van der Waals surface area contributed by atoms with Crippen molar-refractivity contribution >= 4 is 7.82 Å². The lowest BCUT2D eigenvalue weighted by atomic mass is 9.83. The van der Waals surface area contributed by atoms with Crippen molar-refractivity contribution in [1.29, 1.82) is 0 Å². The molecular weight excluding hydrogens is 675 g/mol. The Morgan fingerprint density at radius 3 is 1.94 bits per heavy atom. The number of phosphoric acid groups is 1. The number of hydrogen-bond donors (Lipinski definition) is 3. The third kappa shape index (κ3) is 18.1. The Kier molecular flexibility index (Phi) is 21.8. The van der Waals surface area contributed by atoms with Gasteiger partial charge in [-0.25, -0.2) is 4.57 Å². The molecule has 12 heteroatoms. The Hall–Kier alpha value is -1.27. The maximum atomic E-state index is 11.3. The summed E-state index contributed by atoms with van der Waals surface area (Å²) in [6.45, 7) is 18.8. The van der Waals surface area contributed by atoms with Crippen molar-refractivity contribution in [3.63, 3.8) is 0 Å². The Bertz CT molecular complexity index is 1160. The standard InChI is InChI=1S/C39H71O11P/c1-29(2)12-9-13-30(3)14-10-15-31(4)16-11-18-39(8)19-17-36-34(7)37(32(5)33(6)38(36)50-39)47-25-24-45-21-20-44-22-23-46-26-35(41)27-48-51(42,43)49-28-40/h29-31,35,40-41H,9-28H2,1-8H3,(H,42,43)/t30-,31-,35?,39-/m0/s1. The number of phosphoric ester groups is 1. The van der Waals surface area contributed by atoms with Gasteiger partial charge in [-0.1, -0.05) is 72.6 Å². The lowest BCUT2D eigenvalue weighted by Gasteiger charge is -2.38. The molecule has 1 aliphatic heterocycles. The average Bonchev–Trinajstić information content (AvgIpc) is 3.06. The summed E-state index contributed by atoms with van der Waals surface area (Å²) in [4.78, 5) is 9.19. The predicted octanol–water partition coefficient (Wildman–Crippen LogP) is 8.01. The van der Waals surface area contributed by atoms with Gasteiger partial charge in [0.25, 0.3) is 0 Å². The van der Waals surface area contributed by atoms with Gasteiger partial charge in [0, 0.05) is 5.56 Å². The van der Waals surface area contributed by atoms with Gasteiger partial charge in [0.15, 0.2) is 6.79 Å². The van der Waals surface area contributed by atoms with Crippen LogP contribution in [0.25, 0.3) is 0 Å². The molecule has 1 aliphatic rings. The van der Waals surface area contributed by atoms with E-state index in [9.17, 15) is 14.6 Å². The summed E-state index contributed by atoms with van der Waals surface area (Å²) < 4.78 is 49.5. The van der Waals surface area contributed by atoms with Gasteiger partial charge in [-0.05, 0) is 87.8 Å². The first-order valence-corrected chi connectivity index (χ1v) is 20.8. The molecule has 1 heterocycles.